The van der Waals surface area contributed by atoms with Crippen LogP contribution in [0.4, 0.5) is 0 Å². The number of carbonyl (C=O) groups excluding carboxylic acids is 1. The minimum atomic E-state index is -1.87. The van der Waals surface area contributed by atoms with Gasteiger partial charge in [0.2, 0.25) is 0 Å². The fourth-order valence-electron chi connectivity index (χ4n) is 4.57. The van der Waals surface area contributed by atoms with E-state index in [4.69, 9.17) is 19.9 Å². The van der Waals surface area contributed by atoms with E-state index in [2.05, 4.69) is 0 Å². The van der Waals surface area contributed by atoms with Gasteiger partial charge >= 0.3 is 5.97 Å². The second kappa shape index (κ2) is 6.99. The van der Waals surface area contributed by atoms with E-state index in [-0.39, 0.29) is 36.3 Å². The van der Waals surface area contributed by atoms with E-state index in [0.717, 1.165) is 16.5 Å². The van der Waals surface area contributed by atoms with Gasteiger partial charge in [-0.15, -0.1) is 0 Å². The number of rotatable bonds is 3. The van der Waals surface area contributed by atoms with Gasteiger partial charge in [-0.25, -0.2) is 9.78 Å². The van der Waals surface area contributed by atoms with E-state index >= 15 is 0 Å². The highest BCUT2D eigenvalue weighted by atomic mass is 16.6. The first-order chi connectivity index (χ1) is 15.6. The number of pyridine rings is 2. The molecule has 0 saturated heterocycles. The molecule has 5 rings (SSSR count). The van der Waals surface area contributed by atoms with Crippen molar-refractivity contribution in [2.75, 3.05) is 0 Å². The van der Waals surface area contributed by atoms with Crippen molar-refractivity contribution < 1.29 is 19.4 Å². The minimum Gasteiger partial charge on any atom is -0.487 e. The van der Waals surface area contributed by atoms with E-state index in [9.17, 15) is 14.7 Å². The molecule has 0 saturated carbocycles. The summed E-state index contributed by atoms with van der Waals surface area (Å²) in [6.07, 6.45) is 1.36. The molecule has 0 amide bonds. The Bertz CT molecular complexity index is 1420. The molecule has 0 bridgehead atoms. The van der Waals surface area contributed by atoms with Crippen molar-refractivity contribution in [3.8, 4) is 17.1 Å². The van der Waals surface area contributed by atoms with Gasteiger partial charge in [-0.2, -0.15) is 0 Å². The van der Waals surface area contributed by atoms with Crippen molar-refractivity contribution in [2.45, 2.75) is 58.5 Å². The highest BCUT2D eigenvalue weighted by Gasteiger charge is 2.45. The van der Waals surface area contributed by atoms with Crippen LogP contribution < -0.4 is 10.3 Å². The lowest BCUT2D eigenvalue weighted by Crippen LogP contribution is -2.44. The molecule has 2 N–H and O–H groups in total. The molecule has 0 spiro atoms. The molecule has 2 aliphatic heterocycles. The van der Waals surface area contributed by atoms with E-state index in [1.165, 1.54) is 6.21 Å². The predicted molar refractivity (Wildman–Crippen MR) is 123 cm³/mol. The Morgan fingerprint density at radius 3 is 2.70 bits per heavy atom. The molecular weight excluding hydrogens is 422 g/mol. The van der Waals surface area contributed by atoms with Crippen LogP contribution in [0.1, 0.15) is 56.4 Å². The van der Waals surface area contributed by atoms with Gasteiger partial charge in [-0.05, 0) is 51.0 Å². The zero-order valence-electron chi connectivity index (χ0n) is 19.0. The summed E-state index contributed by atoms with van der Waals surface area (Å²) in [6.45, 7) is 7.60. The number of hydrogen-bond acceptors (Lipinski definition) is 7. The first-order valence-corrected chi connectivity index (χ1v) is 10.9. The molecule has 2 aromatic heterocycles. The minimum absolute atomic E-state index is 0.0878. The van der Waals surface area contributed by atoms with Crippen molar-refractivity contribution in [1.82, 2.24) is 9.55 Å². The normalized spacial score (nSPS) is 19.0. The van der Waals surface area contributed by atoms with Crippen molar-refractivity contribution in [1.29, 1.82) is 5.41 Å². The van der Waals surface area contributed by atoms with Crippen molar-refractivity contribution in [3.05, 3.63) is 56.9 Å². The summed E-state index contributed by atoms with van der Waals surface area (Å²) < 4.78 is 13.1. The van der Waals surface area contributed by atoms with Crippen LogP contribution in [0.3, 0.4) is 0 Å². The topological polar surface area (TPSA) is 115 Å². The molecule has 1 unspecified atom stereocenters. The summed E-state index contributed by atoms with van der Waals surface area (Å²) in [5.74, 6) is -0.132. The number of nitrogens with zero attached hydrogens (tertiary/aromatic N) is 2. The monoisotopic (exact) mass is 447 g/mol. The Hall–Kier alpha value is -3.52. The average molecular weight is 447 g/mol. The van der Waals surface area contributed by atoms with Crippen LogP contribution in [0, 0.1) is 5.41 Å². The summed E-state index contributed by atoms with van der Waals surface area (Å²) in [7, 11) is 0. The number of ether oxygens (including phenoxy) is 2. The average Bonchev–Trinajstić information content (AvgIpc) is 3.14. The number of benzene rings is 1. The van der Waals surface area contributed by atoms with E-state index in [1.807, 2.05) is 32.9 Å². The molecule has 33 heavy (non-hydrogen) atoms. The summed E-state index contributed by atoms with van der Waals surface area (Å²) in [6, 6.07) is 7.18. The van der Waals surface area contributed by atoms with Crippen LogP contribution in [0.5, 0.6) is 5.75 Å². The van der Waals surface area contributed by atoms with Crippen LogP contribution in [0.15, 0.2) is 29.1 Å². The summed E-state index contributed by atoms with van der Waals surface area (Å²) in [4.78, 5) is 30.6. The van der Waals surface area contributed by atoms with Crippen LogP contribution >= 0.6 is 0 Å². The van der Waals surface area contributed by atoms with Gasteiger partial charge in [0.05, 0.1) is 29.0 Å². The Balaban J connectivity index is 1.82. The smallest absolute Gasteiger partial charge is 0.343 e. The van der Waals surface area contributed by atoms with Crippen LogP contribution in [-0.2, 0) is 28.3 Å². The van der Waals surface area contributed by atoms with Crippen LogP contribution in [0.25, 0.3) is 22.3 Å². The predicted octanol–water partition coefficient (Wildman–Crippen LogP) is 3.25. The Morgan fingerprint density at radius 1 is 1.27 bits per heavy atom. The number of hydrogen-bond donors (Lipinski definition) is 2. The number of aliphatic hydroxyl groups is 1. The second-order valence-electron chi connectivity index (χ2n) is 9.51. The molecule has 0 radical (unpaired) electrons. The molecule has 1 aromatic carbocycles. The highest BCUT2D eigenvalue weighted by Crippen LogP contribution is 2.43. The summed E-state index contributed by atoms with van der Waals surface area (Å²) in [5.41, 5.74) is 1.13. The summed E-state index contributed by atoms with van der Waals surface area (Å²) >= 11 is 0. The maximum absolute atomic E-state index is 13.4. The summed E-state index contributed by atoms with van der Waals surface area (Å²) in [5, 5.41) is 19.4. The second-order valence-corrected chi connectivity index (χ2v) is 9.51. The fraction of sp³-hybridized carbons (Fsp3) is 0.360. The van der Waals surface area contributed by atoms with E-state index in [1.54, 1.807) is 23.6 Å². The third kappa shape index (κ3) is 3.08. The number of cyclic esters (lactones) is 1. The van der Waals surface area contributed by atoms with Crippen molar-refractivity contribution >= 4 is 23.1 Å². The van der Waals surface area contributed by atoms with Gasteiger partial charge in [0.25, 0.3) is 5.56 Å². The number of fused-ring (bicyclic) bond motifs is 5. The molecule has 2 aliphatic rings. The first kappa shape index (κ1) is 21.3. The number of carbonyl (C=O) groups is 1. The highest BCUT2D eigenvalue weighted by molar-refractivity contribution is 5.95. The molecular formula is C25H25N3O5. The molecule has 170 valence electrons. The Labute approximate surface area is 190 Å². The Kier molecular flexibility index (Phi) is 4.52. The fourth-order valence-corrected chi connectivity index (χ4v) is 4.57. The third-order valence-corrected chi connectivity index (χ3v) is 6.23. The van der Waals surface area contributed by atoms with Gasteiger partial charge in [0, 0.05) is 22.7 Å². The maximum atomic E-state index is 13.4. The number of aromatic nitrogens is 2. The van der Waals surface area contributed by atoms with Gasteiger partial charge in [-0.3, -0.25) is 4.79 Å². The van der Waals surface area contributed by atoms with Crippen molar-refractivity contribution in [2.24, 2.45) is 0 Å². The van der Waals surface area contributed by atoms with Gasteiger partial charge in [-0.1, -0.05) is 13.0 Å². The third-order valence-electron chi connectivity index (χ3n) is 6.23. The largest absolute Gasteiger partial charge is 0.487 e. The molecule has 8 heteroatoms. The lowest BCUT2D eigenvalue weighted by molar-refractivity contribution is -0.172. The molecule has 3 aromatic rings. The van der Waals surface area contributed by atoms with Gasteiger partial charge in [0.1, 0.15) is 18.0 Å². The molecule has 0 aliphatic carbocycles. The molecule has 4 heterocycles. The number of esters is 1. The van der Waals surface area contributed by atoms with E-state index < -0.39 is 17.2 Å². The molecule has 0 fully saturated rings. The quantitative estimate of drug-likeness (QED) is 0.368. The van der Waals surface area contributed by atoms with Gasteiger partial charge in [0.15, 0.2) is 5.60 Å². The lowest BCUT2D eigenvalue weighted by atomic mass is 9.86. The standard InChI is InChI=1S/C25H25N3O5/c1-5-25(31)17-9-19-20-15(11-28(19)22(29)16(17)12-32-23(25)30)21(33-24(2,3)4)14-8-13(10-26)6-7-18(14)27-20/h6-10,26,31H,5,11-12H2,1-4H3. The lowest BCUT2D eigenvalue weighted by Gasteiger charge is -2.31. The van der Waals surface area contributed by atoms with Crippen LogP contribution in [-0.4, -0.2) is 32.4 Å². The van der Waals surface area contributed by atoms with Crippen molar-refractivity contribution in [3.63, 3.8) is 0 Å². The SMILES string of the molecule is CCC1(O)C(=O)OCc2c1cc1n(c2=O)Cc2c-1nc1ccc(C=N)cc1c2OC(C)(C)C. The Morgan fingerprint density at radius 2 is 2.03 bits per heavy atom. The van der Waals surface area contributed by atoms with E-state index in [0.29, 0.717) is 22.7 Å². The van der Waals surface area contributed by atoms with Crippen LogP contribution in [0.2, 0.25) is 0 Å². The zero-order valence-corrected chi connectivity index (χ0v) is 19.0. The molecule has 8 nitrogen and oxygen atoms in total. The molecule has 1 atom stereocenters. The zero-order chi connectivity index (χ0) is 23.7. The number of nitrogens with one attached hydrogen (secondary N) is 1. The maximum Gasteiger partial charge on any atom is 0.343 e. The first-order valence-electron chi connectivity index (χ1n) is 10.9. The van der Waals surface area contributed by atoms with Gasteiger partial charge < -0.3 is 24.6 Å².